The van der Waals surface area contributed by atoms with E-state index in [0.29, 0.717) is 19.4 Å². The van der Waals surface area contributed by atoms with Crippen LogP contribution in [-0.4, -0.2) is 33.7 Å². The highest BCUT2D eigenvalue weighted by Gasteiger charge is 2.31. The molecule has 5 nitrogen and oxygen atoms in total. The highest BCUT2D eigenvalue weighted by molar-refractivity contribution is 6.20. The fourth-order valence-corrected chi connectivity index (χ4v) is 1.06. The average molecular weight is 247 g/mol. The van der Waals surface area contributed by atoms with E-state index in [2.05, 4.69) is 11.9 Å². The maximum atomic E-state index is 10.6. The summed E-state index contributed by atoms with van der Waals surface area (Å²) in [5, 5.41) is 8.69. The first-order valence-electron chi connectivity index (χ1n) is 4.02. The molecule has 0 rings (SSSR count). The maximum absolute atomic E-state index is 10.6. The first kappa shape index (κ1) is 16.4. The van der Waals surface area contributed by atoms with Crippen LogP contribution in [0.4, 0.5) is 0 Å². The highest BCUT2D eigenvalue weighted by atomic mass is 35.5. The van der Waals surface area contributed by atoms with Crippen LogP contribution in [0.2, 0.25) is 0 Å². The Morgan fingerprint density at radius 1 is 1.36 bits per heavy atom. The number of nitrogens with two attached hydrogens (primary N) is 2. The van der Waals surface area contributed by atoms with E-state index >= 15 is 0 Å². The Kier molecular flexibility index (Phi) is 11.1. The average Bonchev–Trinajstić information content (AvgIpc) is 2.20. The van der Waals surface area contributed by atoms with Crippen LogP contribution in [0.15, 0.2) is 0 Å². The van der Waals surface area contributed by atoms with Crippen LogP contribution in [0.1, 0.15) is 19.3 Å². The molecule has 1 unspecified atom stereocenters. The van der Waals surface area contributed by atoms with Gasteiger partial charge in [0.05, 0.1) is 17.7 Å². The zero-order valence-corrected chi connectivity index (χ0v) is 9.26. The number of rotatable bonds is 6. The topological polar surface area (TPSA) is 110 Å². The molecule has 6 N–H and O–H groups in total. The number of carboxylic acid groups (broad SMARTS) is 1. The molecule has 0 amide bonds. The fraction of sp³-hybridized carbons (Fsp3) is 0.857. The van der Waals surface area contributed by atoms with E-state index in [-0.39, 0.29) is 5.88 Å². The summed E-state index contributed by atoms with van der Waals surface area (Å²) in [6, 6.07) is 0. The van der Waals surface area contributed by atoms with Crippen molar-refractivity contribution in [3.8, 4) is 0 Å². The van der Waals surface area contributed by atoms with Crippen molar-refractivity contribution in [1.29, 1.82) is 0 Å². The van der Waals surface area contributed by atoms with Crippen molar-refractivity contribution in [2.45, 2.75) is 24.8 Å². The molecule has 0 aromatic rings. The number of carboxylic acids is 1. The monoisotopic (exact) mass is 246 g/mol. The van der Waals surface area contributed by atoms with E-state index in [1.807, 2.05) is 0 Å². The van der Waals surface area contributed by atoms with Gasteiger partial charge in [-0.2, -0.15) is 0 Å². The van der Waals surface area contributed by atoms with Crippen molar-refractivity contribution in [2.24, 2.45) is 11.5 Å². The van der Waals surface area contributed by atoms with Gasteiger partial charge in [-0.25, -0.2) is 0 Å². The summed E-state index contributed by atoms with van der Waals surface area (Å²) in [7, 11) is 0. The molecule has 0 aromatic heterocycles. The molecule has 1 atom stereocenters. The Labute approximate surface area is 93.1 Å². The number of aliphatic carboxylic acids is 1. The standard InChI is InChI=1S/C7H15ClN2O2.ClHO/c8-5-7(10,6(11)12)3-1-2-4-9;1-2/h1-5,9-10H2,(H,11,12);2H. The van der Waals surface area contributed by atoms with Gasteiger partial charge < -0.3 is 16.6 Å². The maximum Gasteiger partial charge on any atom is 0.324 e. The van der Waals surface area contributed by atoms with Crippen LogP contribution in [0.25, 0.3) is 0 Å². The van der Waals surface area contributed by atoms with Crippen LogP contribution < -0.4 is 11.5 Å². The molecule has 7 heteroatoms. The van der Waals surface area contributed by atoms with Crippen LogP contribution in [0.3, 0.4) is 0 Å². The van der Waals surface area contributed by atoms with Gasteiger partial charge in [0, 0.05) is 0 Å². The third kappa shape index (κ3) is 6.39. The summed E-state index contributed by atoms with van der Waals surface area (Å²) >= 11 is 9.08. The van der Waals surface area contributed by atoms with Crippen molar-refractivity contribution >= 4 is 29.4 Å². The van der Waals surface area contributed by atoms with Crippen LogP contribution in [0.5, 0.6) is 0 Å². The summed E-state index contributed by atoms with van der Waals surface area (Å²) in [5.74, 6) is -1.11. The fourth-order valence-electron chi connectivity index (χ4n) is 0.816. The van der Waals surface area contributed by atoms with Crippen molar-refractivity contribution < 1.29 is 14.6 Å². The molecular formula is C7H16Cl2N2O3. The molecule has 0 aromatic carbocycles. The Bertz CT molecular complexity index is 160. The van der Waals surface area contributed by atoms with Crippen molar-refractivity contribution in [3.05, 3.63) is 0 Å². The third-order valence-electron chi connectivity index (χ3n) is 1.74. The molecule has 0 spiro atoms. The lowest BCUT2D eigenvalue weighted by atomic mass is 9.96. The first-order valence-corrected chi connectivity index (χ1v) is 4.89. The minimum absolute atomic E-state index is 0.0626. The lowest BCUT2D eigenvalue weighted by Crippen LogP contribution is -2.49. The van der Waals surface area contributed by atoms with E-state index in [4.69, 9.17) is 32.8 Å². The van der Waals surface area contributed by atoms with Crippen LogP contribution in [0, 0.1) is 0 Å². The zero-order chi connectivity index (χ0) is 11.6. The van der Waals surface area contributed by atoms with E-state index in [0.717, 1.165) is 6.42 Å². The van der Waals surface area contributed by atoms with Crippen LogP contribution in [-0.2, 0) is 4.79 Å². The summed E-state index contributed by atoms with van der Waals surface area (Å²) in [4.78, 5) is 10.6. The van der Waals surface area contributed by atoms with Gasteiger partial charge in [0.15, 0.2) is 0 Å². The van der Waals surface area contributed by atoms with E-state index < -0.39 is 11.5 Å². The van der Waals surface area contributed by atoms with Crippen molar-refractivity contribution in [2.75, 3.05) is 12.4 Å². The molecule has 0 heterocycles. The molecule has 0 bridgehead atoms. The summed E-state index contributed by atoms with van der Waals surface area (Å²) in [6.07, 6.45) is 1.86. The van der Waals surface area contributed by atoms with Gasteiger partial charge >= 0.3 is 5.97 Å². The number of halogens is 2. The lowest BCUT2D eigenvalue weighted by molar-refractivity contribution is -0.142. The van der Waals surface area contributed by atoms with Crippen LogP contribution >= 0.6 is 23.5 Å². The summed E-state index contributed by atoms with van der Waals surface area (Å²) < 4.78 is 6.47. The minimum atomic E-state index is -1.28. The molecule has 0 aliphatic heterocycles. The molecule has 14 heavy (non-hydrogen) atoms. The Morgan fingerprint density at radius 2 is 1.86 bits per heavy atom. The summed E-state index contributed by atoms with van der Waals surface area (Å²) in [5.41, 5.74) is 9.48. The highest BCUT2D eigenvalue weighted by Crippen LogP contribution is 2.13. The third-order valence-corrected chi connectivity index (χ3v) is 2.22. The second-order valence-corrected chi connectivity index (χ2v) is 3.11. The number of hydrogen-bond donors (Lipinski definition) is 4. The molecule has 0 saturated heterocycles. The Morgan fingerprint density at radius 3 is 2.14 bits per heavy atom. The van der Waals surface area contributed by atoms with Crippen molar-refractivity contribution in [3.63, 3.8) is 0 Å². The number of unbranched alkanes of at least 4 members (excludes halogenated alkanes) is 1. The molecule has 86 valence electrons. The van der Waals surface area contributed by atoms with Gasteiger partial charge in [0.25, 0.3) is 0 Å². The Hall–Kier alpha value is -0.0700. The molecular weight excluding hydrogens is 231 g/mol. The lowest BCUT2D eigenvalue weighted by Gasteiger charge is -2.21. The second kappa shape index (κ2) is 9.48. The predicted octanol–water partition coefficient (Wildman–Crippen LogP) is 0.269. The quantitative estimate of drug-likeness (QED) is 0.398. The number of alkyl halides is 1. The zero-order valence-electron chi connectivity index (χ0n) is 7.75. The second-order valence-electron chi connectivity index (χ2n) is 2.84. The van der Waals surface area contributed by atoms with E-state index in [1.165, 1.54) is 0 Å². The van der Waals surface area contributed by atoms with Gasteiger partial charge in [-0.3, -0.25) is 9.45 Å². The molecule has 0 aliphatic carbocycles. The van der Waals surface area contributed by atoms with Crippen molar-refractivity contribution in [1.82, 2.24) is 0 Å². The molecule has 0 aliphatic rings. The smallest absolute Gasteiger partial charge is 0.324 e. The van der Waals surface area contributed by atoms with Gasteiger partial charge in [-0.15, -0.1) is 11.6 Å². The normalized spacial score (nSPS) is 13.8. The Balaban J connectivity index is 0. The van der Waals surface area contributed by atoms with E-state index in [1.54, 1.807) is 0 Å². The minimum Gasteiger partial charge on any atom is -0.480 e. The van der Waals surface area contributed by atoms with Gasteiger partial charge in [-0.1, -0.05) is 0 Å². The van der Waals surface area contributed by atoms with Gasteiger partial charge in [-0.05, 0) is 25.8 Å². The van der Waals surface area contributed by atoms with Gasteiger partial charge in [0.2, 0.25) is 0 Å². The number of carbonyl (C=O) groups is 1. The summed E-state index contributed by atoms with van der Waals surface area (Å²) in [6.45, 7) is 0.554. The SMILES string of the molecule is NCCCCC(N)(CCl)C(=O)O.OCl. The number of hydrogen-bond acceptors (Lipinski definition) is 4. The first-order chi connectivity index (χ1) is 6.56. The molecule has 0 fully saturated rings. The largest absolute Gasteiger partial charge is 0.480 e. The van der Waals surface area contributed by atoms with E-state index in [9.17, 15) is 4.79 Å². The predicted molar refractivity (Wildman–Crippen MR) is 56.3 cm³/mol. The molecule has 0 saturated carbocycles. The molecule has 0 radical (unpaired) electrons. The van der Waals surface area contributed by atoms with Gasteiger partial charge in [0.1, 0.15) is 5.54 Å².